The number of halogens is 1. The highest BCUT2D eigenvalue weighted by molar-refractivity contribution is 8.14. The number of carbonyl (C=O) groups is 3. The lowest BCUT2D eigenvalue weighted by molar-refractivity contribution is -0.137. The highest BCUT2D eigenvalue weighted by atomic mass is 35.5. The van der Waals surface area contributed by atoms with E-state index >= 15 is 0 Å². The monoisotopic (exact) mass is 925 g/mol. The number of methoxy groups -OCH3 is 5. The molecule has 5 aromatic rings. The maximum atomic E-state index is 13.4. The van der Waals surface area contributed by atoms with E-state index < -0.39 is 0 Å². The fourth-order valence-corrected chi connectivity index (χ4v) is 12.0. The van der Waals surface area contributed by atoms with Crippen molar-refractivity contribution in [2.45, 2.75) is 49.8 Å². The second-order valence-electron chi connectivity index (χ2n) is 15.2. The lowest BCUT2D eigenvalue weighted by Crippen LogP contribution is -2.41. The predicted octanol–water partition coefficient (Wildman–Crippen LogP) is 6.42. The molecule has 332 valence electrons. The van der Waals surface area contributed by atoms with Crippen molar-refractivity contribution in [2.75, 3.05) is 93.5 Å². The van der Waals surface area contributed by atoms with Crippen LogP contribution in [0.1, 0.15) is 39.3 Å². The number of carbonyl (C=O) groups excluding carboxylic acids is 3. The van der Waals surface area contributed by atoms with Gasteiger partial charge in [0.05, 0.1) is 50.0 Å². The summed E-state index contributed by atoms with van der Waals surface area (Å²) in [6, 6.07) is 3.88. The molecule has 2 aliphatic carbocycles. The molecule has 0 saturated heterocycles. The van der Waals surface area contributed by atoms with Crippen molar-refractivity contribution < 1.29 is 38.1 Å². The summed E-state index contributed by atoms with van der Waals surface area (Å²) in [6.45, 7) is 4.35. The molecule has 0 bridgehead atoms. The quantitative estimate of drug-likeness (QED) is 0.102. The van der Waals surface area contributed by atoms with Crippen LogP contribution in [-0.4, -0.2) is 135 Å². The smallest absolute Gasteiger partial charge is 0.226 e. The van der Waals surface area contributed by atoms with E-state index in [1.54, 1.807) is 64.5 Å². The molecule has 4 aromatic heterocycles. The van der Waals surface area contributed by atoms with E-state index in [0.29, 0.717) is 82.2 Å². The number of anilines is 2. The third-order valence-electron chi connectivity index (χ3n) is 11.4. The van der Waals surface area contributed by atoms with Crippen LogP contribution in [0.25, 0.3) is 20.4 Å². The van der Waals surface area contributed by atoms with Gasteiger partial charge in [0, 0.05) is 87.5 Å². The van der Waals surface area contributed by atoms with E-state index in [9.17, 15) is 14.4 Å². The first-order chi connectivity index (χ1) is 30.2. The number of nitrogens with one attached hydrogen (secondary N) is 1. The highest BCUT2D eigenvalue weighted by Gasteiger charge is 2.33. The Hall–Kier alpha value is -4.01. The van der Waals surface area contributed by atoms with E-state index in [-0.39, 0.29) is 28.8 Å². The number of fused-ring (bicyclic) bond motifs is 7. The molecule has 0 spiro atoms. The molecule has 2 unspecified atom stereocenters. The van der Waals surface area contributed by atoms with Gasteiger partial charge in [0.25, 0.3) is 0 Å². The van der Waals surface area contributed by atoms with Crippen molar-refractivity contribution in [1.29, 1.82) is 0 Å². The number of nitrogens with zero attached hydrogens (tertiary/aromatic N) is 6. The minimum Gasteiger partial charge on any atom is -0.495 e. The molecule has 1 aromatic carbocycles. The lowest BCUT2D eigenvalue weighted by atomic mass is 9.87. The molecule has 3 aliphatic rings. The lowest BCUT2D eigenvalue weighted by Gasteiger charge is -2.29. The van der Waals surface area contributed by atoms with Crippen molar-refractivity contribution in [3.63, 3.8) is 0 Å². The van der Waals surface area contributed by atoms with Crippen LogP contribution in [0.15, 0.2) is 29.7 Å². The molecule has 5 heterocycles. The normalized spacial score (nSPS) is 16.6. The maximum absolute atomic E-state index is 13.4. The zero-order valence-corrected chi connectivity index (χ0v) is 38.8. The van der Waals surface area contributed by atoms with Gasteiger partial charge in [-0.25, -0.2) is 19.9 Å². The van der Waals surface area contributed by atoms with E-state index in [4.69, 9.17) is 35.3 Å². The van der Waals surface area contributed by atoms with Gasteiger partial charge in [0.15, 0.2) is 5.12 Å². The fourth-order valence-electron chi connectivity index (χ4n) is 8.23. The molecular weight excluding hydrogens is 874 g/mol. The number of amides is 2. The van der Waals surface area contributed by atoms with Gasteiger partial charge in [-0.05, 0) is 67.3 Å². The Morgan fingerprint density at radius 1 is 0.742 bits per heavy atom. The van der Waals surface area contributed by atoms with Crippen molar-refractivity contribution >= 4 is 94.9 Å². The zero-order valence-electron chi connectivity index (χ0n) is 35.6. The van der Waals surface area contributed by atoms with Gasteiger partial charge < -0.3 is 38.8 Å². The predicted molar refractivity (Wildman–Crippen MR) is 242 cm³/mol. The van der Waals surface area contributed by atoms with Crippen LogP contribution in [0.4, 0.5) is 11.5 Å². The Labute approximate surface area is 378 Å². The summed E-state index contributed by atoms with van der Waals surface area (Å²) in [6.07, 6.45) is 8.09. The molecule has 0 radical (unpaired) electrons. The summed E-state index contributed by atoms with van der Waals surface area (Å²) < 4.78 is 26.3. The van der Waals surface area contributed by atoms with Crippen LogP contribution in [0, 0.1) is 11.8 Å². The van der Waals surface area contributed by atoms with Gasteiger partial charge in [-0.2, -0.15) is 0 Å². The molecule has 1 aliphatic heterocycles. The Balaban J connectivity index is 0.000000201. The van der Waals surface area contributed by atoms with Crippen LogP contribution in [0.2, 0.25) is 5.15 Å². The minimum absolute atomic E-state index is 0.0130. The number of ether oxygens (including phenoxy) is 5. The molecule has 1 N–H and O–H groups in total. The van der Waals surface area contributed by atoms with E-state index in [2.05, 4.69) is 25.3 Å². The second-order valence-corrected chi connectivity index (χ2v) is 18.8. The molecular formula is C43H52ClN7O8S3. The Morgan fingerprint density at radius 2 is 1.26 bits per heavy atom. The summed E-state index contributed by atoms with van der Waals surface area (Å²) in [7, 11) is 8.21. The van der Waals surface area contributed by atoms with Gasteiger partial charge in [0.1, 0.15) is 39.0 Å². The second kappa shape index (κ2) is 21.6. The number of aromatic nitrogens is 4. The van der Waals surface area contributed by atoms with E-state index in [0.717, 1.165) is 68.7 Å². The molecule has 2 atom stereocenters. The first-order valence-corrected chi connectivity index (χ1v) is 23.4. The van der Waals surface area contributed by atoms with Gasteiger partial charge in [-0.3, -0.25) is 14.4 Å². The SMILES string of the molecule is COCCN(CCOC)C(=O)C1CCc2c(sc3ncnc(Cl)c23)C1.COCCN(CCOC)C(=O)C1CCc2c(sc3ncnc(Nc4cc5c(cc4OC)CC(=O)S5)c23)C1. The number of rotatable bonds is 17. The number of hydrogen-bond donors (Lipinski definition) is 1. The number of hydrogen-bond acceptors (Lipinski definition) is 16. The third-order valence-corrected chi connectivity index (χ3v) is 15.0. The summed E-state index contributed by atoms with van der Waals surface area (Å²) in [5.74, 6) is 1.61. The first kappa shape index (κ1) is 46.0. The third kappa shape index (κ3) is 10.3. The largest absolute Gasteiger partial charge is 0.495 e. The average molecular weight is 927 g/mol. The minimum atomic E-state index is -0.0787. The number of thiophene rings is 2. The van der Waals surface area contributed by atoms with E-state index in [1.165, 1.54) is 39.0 Å². The van der Waals surface area contributed by atoms with Gasteiger partial charge >= 0.3 is 0 Å². The average Bonchev–Trinajstić information content (AvgIpc) is 3.97. The topological polar surface area (TPSA) is 167 Å². The van der Waals surface area contributed by atoms with Crippen molar-refractivity contribution in [3.05, 3.63) is 56.4 Å². The standard InChI is InChI=1S/C26H30N4O5S2.C17H22ClN3O3S/c1-33-8-6-30(7-9-34-2)26(32)15-4-5-17-21(11-15)37-25-23(17)24(27-14-28-25)29-18-13-20-16(10-19(18)35-3)12-22(31)36-20;1-23-7-5-21(6-8-24-2)17(22)11-3-4-12-13(9-11)25-16-14(12)15(18)19-10-20-16/h10,13-15H,4-9,11-12H2,1-3H3,(H,27,28,29);10-11H,3-9H2,1-2H3. The van der Waals surface area contributed by atoms with Crippen LogP contribution in [0.3, 0.4) is 0 Å². The van der Waals surface area contributed by atoms with Crippen molar-refractivity contribution in [1.82, 2.24) is 29.7 Å². The van der Waals surface area contributed by atoms with Gasteiger partial charge in [-0.15, -0.1) is 22.7 Å². The maximum Gasteiger partial charge on any atom is 0.226 e. The summed E-state index contributed by atoms with van der Waals surface area (Å²) in [4.78, 5) is 64.7. The fraction of sp³-hybridized carbons (Fsp3) is 0.512. The molecule has 0 saturated carbocycles. The van der Waals surface area contributed by atoms with Crippen LogP contribution in [0.5, 0.6) is 5.75 Å². The highest BCUT2D eigenvalue weighted by Crippen LogP contribution is 2.44. The van der Waals surface area contributed by atoms with Gasteiger partial charge in [0.2, 0.25) is 11.8 Å². The van der Waals surface area contributed by atoms with Crippen LogP contribution < -0.4 is 10.1 Å². The molecule has 19 heteroatoms. The molecule has 62 heavy (non-hydrogen) atoms. The zero-order chi connectivity index (χ0) is 43.8. The van der Waals surface area contributed by atoms with E-state index in [1.807, 2.05) is 21.9 Å². The number of aryl methyl sites for hydroxylation is 2. The van der Waals surface area contributed by atoms with Gasteiger partial charge in [-0.1, -0.05) is 23.4 Å². The molecule has 2 amide bonds. The number of benzene rings is 1. The summed E-state index contributed by atoms with van der Waals surface area (Å²) in [5, 5.41) is 6.05. The Kier molecular flexibility index (Phi) is 16.0. The molecule has 0 fully saturated rings. The molecule has 15 nitrogen and oxygen atoms in total. The summed E-state index contributed by atoms with van der Waals surface area (Å²) in [5.41, 5.74) is 4.17. The molecule has 8 rings (SSSR count). The van der Waals surface area contributed by atoms with Crippen molar-refractivity contribution in [2.24, 2.45) is 11.8 Å². The van der Waals surface area contributed by atoms with Crippen LogP contribution >= 0.6 is 46.0 Å². The Morgan fingerprint density at radius 3 is 1.79 bits per heavy atom. The Bertz CT molecular complexity index is 2380. The van der Waals surface area contributed by atoms with Crippen molar-refractivity contribution in [3.8, 4) is 5.75 Å². The summed E-state index contributed by atoms with van der Waals surface area (Å²) >= 11 is 10.8. The van der Waals surface area contributed by atoms with Crippen LogP contribution in [-0.2, 0) is 65.4 Å². The first-order valence-electron chi connectivity index (χ1n) is 20.6. The number of thioether (sulfide) groups is 1.